The van der Waals surface area contributed by atoms with E-state index in [2.05, 4.69) is 10.5 Å². The van der Waals surface area contributed by atoms with Crippen molar-refractivity contribution in [2.45, 2.75) is 0 Å². The van der Waals surface area contributed by atoms with Gasteiger partial charge in [-0.3, -0.25) is 4.79 Å². The topological polar surface area (TPSA) is 77.0 Å². The predicted octanol–water partition coefficient (Wildman–Crippen LogP) is 7.41. The van der Waals surface area contributed by atoms with E-state index in [1.807, 2.05) is 36.4 Å². The van der Waals surface area contributed by atoms with Gasteiger partial charge in [0, 0.05) is 20.2 Å². The number of ether oxygens (including phenoxy) is 2. The van der Waals surface area contributed by atoms with Gasteiger partial charge in [-0.25, -0.2) is 10.2 Å². The van der Waals surface area contributed by atoms with Crippen LogP contribution in [0, 0.1) is 0 Å². The van der Waals surface area contributed by atoms with E-state index in [1.54, 1.807) is 37.4 Å². The van der Waals surface area contributed by atoms with Crippen LogP contribution in [0.2, 0.25) is 10.0 Å². The molecule has 0 aliphatic heterocycles. The summed E-state index contributed by atoms with van der Waals surface area (Å²) in [7, 11) is 1.58. The highest BCUT2D eigenvalue weighted by Crippen LogP contribution is 2.38. The molecule has 10 heteroatoms. The minimum absolute atomic E-state index is 0.313. The molecule has 5 rings (SSSR count). The number of hydrogen-bond donors (Lipinski definition) is 1. The first-order chi connectivity index (χ1) is 17.4. The third kappa shape index (κ3) is 4.81. The van der Waals surface area contributed by atoms with Crippen molar-refractivity contribution in [1.82, 2.24) is 5.43 Å². The maximum Gasteiger partial charge on any atom is 0.355 e. The van der Waals surface area contributed by atoms with E-state index in [-0.39, 0.29) is 5.91 Å². The third-order valence-corrected chi connectivity index (χ3v) is 8.54. The maximum atomic E-state index is 12.7. The molecule has 180 valence electrons. The lowest BCUT2D eigenvalue weighted by Gasteiger charge is -2.03. The molecule has 3 aromatic carbocycles. The van der Waals surface area contributed by atoms with Crippen LogP contribution in [0.1, 0.15) is 24.9 Å². The Kier molecular flexibility index (Phi) is 6.93. The van der Waals surface area contributed by atoms with Gasteiger partial charge in [0.05, 0.1) is 23.4 Å². The molecule has 2 heterocycles. The molecule has 0 aliphatic carbocycles. The summed E-state index contributed by atoms with van der Waals surface area (Å²) in [6.45, 7) is 0. The van der Waals surface area contributed by atoms with Gasteiger partial charge in [-0.1, -0.05) is 41.4 Å². The highest BCUT2D eigenvalue weighted by molar-refractivity contribution is 7.22. The minimum atomic E-state index is -0.547. The number of esters is 1. The number of rotatable bonds is 6. The predicted molar refractivity (Wildman–Crippen MR) is 147 cm³/mol. The third-order valence-electron chi connectivity index (χ3n) is 5.23. The number of hydrazone groups is 1. The van der Waals surface area contributed by atoms with Crippen molar-refractivity contribution in [3.63, 3.8) is 0 Å². The van der Waals surface area contributed by atoms with Crippen molar-refractivity contribution < 1.29 is 19.1 Å². The second-order valence-electron chi connectivity index (χ2n) is 7.51. The van der Waals surface area contributed by atoms with Gasteiger partial charge < -0.3 is 9.47 Å². The Hall–Kier alpha value is -3.43. The molecule has 0 bridgehead atoms. The fraction of sp³-hybridized carbons (Fsp3) is 0.0385. The highest BCUT2D eigenvalue weighted by atomic mass is 35.5. The zero-order valence-electron chi connectivity index (χ0n) is 18.6. The molecule has 1 amide bonds. The summed E-state index contributed by atoms with van der Waals surface area (Å²) in [6, 6.07) is 19.7. The summed E-state index contributed by atoms with van der Waals surface area (Å²) in [5.41, 5.74) is 3.19. The molecule has 0 aliphatic rings. The number of nitrogens with one attached hydrogen (secondary N) is 1. The standard InChI is InChI=1S/C26H16Cl2N2O4S2/c1-33-16-10-11-18-20(12-16)36-24(22(18)28)26(32)34-15-8-6-14(7-9-15)13-29-30-25(31)23-21(27)17-4-2-3-5-19(17)35-23/h2-13H,1H3,(H,30,31). The van der Waals surface area contributed by atoms with Gasteiger partial charge in [0.15, 0.2) is 0 Å². The maximum absolute atomic E-state index is 12.7. The number of hydrogen-bond acceptors (Lipinski definition) is 7. The first kappa shape index (κ1) is 24.3. The molecule has 5 aromatic rings. The average Bonchev–Trinajstić information content (AvgIpc) is 3.41. The Morgan fingerprint density at radius 3 is 2.28 bits per heavy atom. The number of methoxy groups -OCH3 is 1. The monoisotopic (exact) mass is 554 g/mol. The molecule has 0 unspecified atom stereocenters. The summed E-state index contributed by atoms with van der Waals surface area (Å²) in [5, 5.41) is 6.36. The van der Waals surface area contributed by atoms with E-state index in [9.17, 15) is 9.59 Å². The van der Waals surface area contributed by atoms with Crippen LogP contribution in [0.3, 0.4) is 0 Å². The summed E-state index contributed by atoms with van der Waals surface area (Å²) in [5.74, 6) is 0.0972. The van der Waals surface area contributed by atoms with E-state index >= 15 is 0 Å². The van der Waals surface area contributed by atoms with E-state index in [4.69, 9.17) is 32.7 Å². The van der Waals surface area contributed by atoms with Crippen molar-refractivity contribution in [3.8, 4) is 11.5 Å². The highest BCUT2D eigenvalue weighted by Gasteiger charge is 2.20. The molecule has 1 N–H and O–H groups in total. The van der Waals surface area contributed by atoms with Gasteiger partial charge >= 0.3 is 5.97 Å². The van der Waals surface area contributed by atoms with Crippen LogP contribution >= 0.6 is 45.9 Å². The van der Waals surface area contributed by atoms with E-state index in [0.29, 0.717) is 36.9 Å². The normalized spacial score (nSPS) is 11.3. The molecule has 0 radical (unpaired) electrons. The lowest BCUT2D eigenvalue weighted by Crippen LogP contribution is -2.16. The summed E-state index contributed by atoms with van der Waals surface area (Å²) in [6.07, 6.45) is 1.49. The van der Waals surface area contributed by atoms with Crippen LogP contribution in [0.5, 0.6) is 11.5 Å². The number of halogens is 2. The molecule has 36 heavy (non-hydrogen) atoms. The van der Waals surface area contributed by atoms with Gasteiger partial charge in [-0.2, -0.15) is 5.10 Å². The first-order valence-corrected chi connectivity index (χ1v) is 12.9. The Balaban J connectivity index is 1.23. The Labute approximate surface area is 223 Å². The Bertz CT molecular complexity index is 1640. The van der Waals surface area contributed by atoms with E-state index in [1.165, 1.54) is 28.9 Å². The smallest absolute Gasteiger partial charge is 0.355 e. The van der Waals surface area contributed by atoms with Crippen LogP contribution < -0.4 is 14.9 Å². The van der Waals surface area contributed by atoms with E-state index < -0.39 is 5.97 Å². The van der Waals surface area contributed by atoms with E-state index in [0.717, 1.165) is 20.2 Å². The average molecular weight is 555 g/mol. The quantitative estimate of drug-likeness (QED) is 0.102. The van der Waals surface area contributed by atoms with Crippen LogP contribution in [0.15, 0.2) is 71.8 Å². The van der Waals surface area contributed by atoms with Crippen LogP contribution in [0.25, 0.3) is 20.2 Å². The molecule has 0 fully saturated rings. The molecule has 0 saturated heterocycles. The molecule has 2 aromatic heterocycles. The number of benzene rings is 3. The van der Waals surface area contributed by atoms with Crippen molar-refractivity contribution in [2.75, 3.05) is 7.11 Å². The Morgan fingerprint density at radius 2 is 1.53 bits per heavy atom. The molecule has 0 saturated carbocycles. The fourth-order valence-electron chi connectivity index (χ4n) is 3.46. The fourth-order valence-corrected chi connectivity index (χ4v) is 6.28. The largest absolute Gasteiger partial charge is 0.497 e. The number of amides is 1. The van der Waals surface area contributed by atoms with Crippen molar-refractivity contribution in [3.05, 3.63) is 92.1 Å². The Morgan fingerprint density at radius 1 is 0.861 bits per heavy atom. The minimum Gasteiger partial charge on any atom is -0.497 e. The van der Waals surface area contributed by atoms with Crippen molar-refractivity contribution in [2.24, 2.45) is 5.10 Å². The van der Waals surface area contributed by atoms with Gasteiger partial charge in [0.1, 0.15) is 21.3 Å². The second kappa shape index (κ2) is 10.3. The number of carbonyl (C=O) groups is 2. The van der Waals surface area contributed by atoms with Crippen LogP contribution in [-0.2, 0) is 0 Å². The lowest BCUT2D eigenvalue weighted by molar-refractivity contribution is 0.0739. The van der Waals surface area contributed by atoms with Crippen molar-refractivity contribution in [1.29, 1.82) is 0 Å². The summed E-state index contributed by atoms with van der Waals surface area (Å²) in [4.78, 5) is 25.9. The van der Waals surface area contributed by atoms with Crippen LogP contribution in [-0.4, -0.2) is 25.2 Å². The molecule has 0 atom stereocenters. The SMILES string of the molecule is COc1ccc2c(Cl)c(C(=O)Oc3ccc(C=NNC(=O)c4sc5ccccc5c4Cl)cc3)sc2c1. The number of fused-ring (bicyclic) bond motifs is 2. The molecular weight excluding hydrogens is 539 g/mol. The van der Waals surface area contributed by atoms with Crippen LogP contribution in [0.4, 0.5) is 0 Å². The zero-order valence-corrected chi connectivity index (χ0v) is 21.7. The van der Waals surface area contributed by atoms with Gasteiger partial charge in [-0.15, -0.1) is 22.7 Å². The van der Waals surface area contributed by atoms with Crippen molar-refractivity contribution >= 4 is 84.1 Å². The summed E-state index contributed by atoms with van der Waals surface area (Å²) >= 11 is 15.3. The first-order valence-electron chi connectivity index (χ1n) is 10.5. The number of thiophene rings is 2. The van der Waals surface area contributed by atoms with Gasteiger partial charge in [-0.05, 0) is 54.1 Å². The summed E-state index contributed by atoms with van der Waals surface area (Å²) < 4.78 is 12.5. The number of carbonyl (C=O) groups excluding carboxylic acids is 2. The van der Waals surface area contributed by atoms with Gasteiger partial charge in [0.25, 0.3) is 5.91 Å². The van der Waals surface area contributed by atoms with Gasteiger partial charge in [0.2, 0.25) is 0 Å². The molecule has 0 spiro atoms. The second-order valence-corrected chi connectivity index (χ2v) is 10.4. The molecular formula is C26H16Cl2N2O4S2. The lowest BCUT2D eigenvalue weighted by atomic mass is 10.2. The zero-order chi connectivity index (χ0) is 25.2. The number of nitrogens with zero attached hydrogens (tertiary/aromatic N) is 1. The molecule has 6 nitrogen and oxygen atoms in total.